The van der Waals surface area contributed by atoms with Gasteiger partial charge in [0, 0.05) is 0 Å². The molecule has 0 saturated heterocycles. The minimum atomic E-state index is -0.628. The van der Waals surface area contributed by atoms with Gasteiger partial charge in [-0.05, 0) is 47.0 Å². The molecule has 0 radical (unpaired) electrons. The van der Waals surface area contributed by atoms with Crippen molar-refractivity contribution in [3.63, 3.8) is 0 Å². The van der Waals surface area contributed by atoms with Crippen LogP contribution in [-0.2, 0) is 9.53 Å². The van der Waals surface area contributed by atoms with E-state index in [0.29, 0.717) is 13.0 Å². The van der Waals surface area contributed by atoms with Crippen LogP contribution in [0.25, 0.3) is 0 Å². The summed E-state index contributed by atoms with van der Waals surface area (Å²) >= 11 is 0. The van der Waals surface area contributed by atoms with Crippen molar-refractivity contribution in [2.75, 3.05) is 6.61 Å². The lowest BCUT2D eigenvalue weighted by Crippen LogP contribution is -2.29. The summed E-state index contributed by atoms with van der Waals surface area (Å²) in [7, 11) is 0. The molecule has 0 bridgehead atoms. The van der Waals surface area contributed by atoms with E-state index in [1.54, 1.807) is 0 Å². The number of ether oxygens (including phenoxy) is 1. The Bertz CT molecular complexity index is 285. The molecule has 0 N–H and O–H groups in total. The summed E-state index contributed by atoms with van der Waals surface area (Å²) < 4.78 is 5.57. The van der Waals surface area contributed by atoms with E-state index in [1.807, 2.05) is 13.8 Å². The van der Waals surface area contributed by atoms with Crippen LogP contribution in [0.1, 0.15) is 53.9 Å². The fraction of sp³-hybridized carbons (Fsp3) is 0.667. The van der Waals surface area contributed by atoms with Crippen LogP contribution in [-0.4, -0.2) is 18.5 Å². The normalized spacial score (nSPS) is 15.2. The van der Waals surface area contributed by atoms with Crippen molar-refractivity contribution in [3.05, 3.63) is 23.3 Å². The highest BCUT2D eigenvalue weighted by atomic mass is 16.5. The van der Waals surface area contributed by atoms with Crippen LogP contribution in [0.5, 0.6) is 0 Å². The predicted octanol–water partition coefficient (Wildman–Crippen LogP) is 4.06. The molecule has 2 heteroatoms. The third kappa shape index (κ3) is 7.92. The summed E-state index contributed by atoms with van der Waals surface area (Å²) in [6.45, 7) is 10.6. The molecule has 98 valence electrons. The van der Waals surface area contributed by atoms with Crippen molar-refractivity contribution in [1.29, 1.82) is 0 Å². The van der Waals surface area contributed by atoms with Crippen molar-refractivity contribution in [3.8, 4) is 0 Å². The van der Waals surface area contributed by atoms with Gasteiger partial charge in [0.05, 0.1) is 6.61 Å². The van der Waals surface area contributed by atoms with Gasteiger partial charge < -0.3 is 9.53 Å². The summed E-state index contributed by atoms with van der Waals surface area (Å²) in [5.74, 6) is 0. The molecule has 0 amide bonds. The second-order valence-electron chi connectivity index (χ2n) is 4.97. The SMILES string of the molecule is CCC(C)(C=O)OC/C=C(\C)CCC=C(C)C. The molecule has 0 spiro atoms. The first-order valence-corrected chi connectivity index (χ1v) is 6.33. The number of allylic oxidation sites excluding steroid dienone is 3. The fourth-order valence-corrected chi connectivity index (χ4v) is 1.28. The smallest absolute Gasteiger partial charge is 0.151 e. The molecule has 1 atom stereocenters. The van der Waals surface area contributed by atoms with Crippen molar-refractivity contribution in [2.45, 2.75) is 59.5 Å². The number of hydrogen-bond acceptors (Lipinski definition) is 2. The van der Waals surface area contributed by atoms with Gasteiger partial charge in [-0.2, -0.15) is 0 Å². The Morgan fingerprint density at radius 3 is 2.35 bits per heavy atom. The number of carbonyl (C=O) groups is 1. The van der Waals surface area contributed by atoms with E-state index < -0.39 is 5.60 Å². The lowest BCUT2D eigenvalue weighted by molar-refractivity contribution is -0.127. The monoisotopic (exact) mass is 238 g/mol. The zero-order chi connectivity index (χ0) is 13.3. The summed E-state index contributed by atoms with van der Waals surface area (Å²) in [6, 6.07) is 0. The van der Waals surface area contributed by atoms with Gasteiger partial charge in [-0.3, -0.25) is 0 Å². The fourth-order valence-electron chi connectivity index (χ4n) is 1.28. The first-order chi connectivity index (χ1) is 7.93. The zero-order valence-corrected chi connectivity index (χ0v) is 11.9. The molecule has 1 unspecified atom stereocenters. The van der Waals surface area contributed by atoms with Gasteiger partial charge >= 0.3 is 0 Å². The average molecular weight is 238 g/mol. The Hall–Kier alpha value is -0.890. The number of aldehydes is 1. The van der Waals surface area contributed by atoms with Crippen molar-refractivity contribution >= 4 is 6.29 Å². The largest absolute Gasteiger partial charge is 0.364 e. The van der Waals surface area contributed by atoms with E-state index in [4.69, 9.17) is 4.74 Å². The summed E-state index contributed by atoms with van der Waals surface area (Å²) in [5.41, 5.74) is 2.04. The highest BCUT2D eigenvalue weighted by Gasteiger charge is 2.20. The molecular formula is C15H26O2. The summed E-state index contributed by atoms with van der Waals surface area (Å²) in [6.07, 6.45) is 8.03. The highest BCUT2D eigenvalue weighted by Crippen LogP contribution is 2.13. The molecule has 17 heavy (non-hydrogen) atoms. The molecule has 0 aliphatic carbocycles. The highest BCUT2D eigenvalue weighted by molar-refractivity contribution is 5.61. The van der Waals surface area contributed by atoms with Gasteiger partial charge in [-0.1, -0.05) is 30.2 Å². The molecule has 0 aliphatic heterocycles. The van der Waals surface area contributed by atoms with E-state index in [2.05, 4.69) is 32.9 Å². The first-order valence-electron chi connectivity index (χ1n) is 6.33. The third-order valence-corrected chi connectivity index (χ3v) is 2.89. The third-order valence-electron chi connectivity index (χ3n) is 2.89. The van der Waals surface area contributed by atoms with Gasteiger partial charge in [-0.25, -0.2) is 0 Å². The molecule has 0 aromatic heterocycles. The van der Waals surface area contributed by atoms with Gasteiger partial charge in [0.15, 0.2) is 6.29 Å². The van der Waals surface area contributed by atoms with Crippen molar-refractivity contribution in [1.82, 2.24) is 0 Å². The van der Waals surface area contributed by atoms with Gasteiger partial charge in [0.1, 0.15) is 5.60 Å². The van der Waals surface area contributed by atoms with Crippen LogP contribution in [0.3, 0.4) is 0 Å². The second-order valence-corrected chi connectivity index (χ2v) is 4.97. The predicted molar refractivity (Wildman–Crippen MR) is 73.1 cm³/mol. The van der Waals surface area contributed by atoms with Crippen LogP contribution in [0.2, 0.25) is 0 Å². The van der Waals surface area contributed by atoms with Crippen molar-refractivity contribution < 1.29 is 9.53 Å². The molecule has 0 aliphatic rings. The molecule has 0 saturated carbocycles. The van der Waals surface area contributed by atoms with Gasteiger partial charge in [0.25, 0.3) is 0 Å². The van der Waals surface area contributed by atoms with E-state index in [1.165, 1.54) is 11.1 Å². The Labute approximate surface area is 106 Å². The minimum Gasteiger partial charge on any atom is -0.364 e. The maximum Gasteiger partial charge on any atom is 0.151 e. The Kier molecular flexibility index (Phi) is 7.81. The molecular weight excluding hydrogens is 212 g/mol. The molecule has 0 rings (SSSR count). The Morgan fingerprint density at radius 2 is 1.88 bits per heavy atom. The van der Waals surface area contributed by atoms with Crippen LogP contribution >= 0.6 is 0 Å². The number of hydrogen-bond donors (Lipinski definition) is 0. The molecule has 0 heterocycles. The van der Waals surface area contributed by atoms with E-state index in [0.717, 1.165) is 19.1 Å². The van der Waals surface area contributed by atoms with Crippen LogP contribution in [0, 0.1) is 0 Å². The van der Waals surface area contributed by atoms with Crippen LogP contribution in [0.15, 0.2) is 23.3 Å². The second kappa shape index (κ2) is 8.24. The molecule has 0 aromatic carbocycles. The van der Waals surface area contributed by atoms with E-state index in [-0.39, 0.29) is 0 Å². The molecule has 0 aromatic rings. The van der Waals surface area contributed by atoms with Crippen LogP contribution < -0.4 is 0 Å². The van der Waals surface area contributed by atoms with Gasteiger partial charge in [0.2, 0.25) is 0 Å². The molecule has 2 nitrogen and oxygen atoms in total. The topological polar surface area (TPSA) is 26.3 Å². The average Bonchev–Trinajstić information content (AvgIpc) is 2.28. The standard InChI is InChI=1S/C15H26O2/c1-6-15(5,12-16)17-11-10-14(4)9-7-8-13(2)3/h8,10,12H,6-7,9,11H2,1-5H3/b14-10+. The maximum atomic E-state index is 10.8. The summed E-state index contributed by atoms with van der Waals surface area (Å²) in [5, 5.41) is 0. The lowest BCUT2D eigenvalue weighted by Gasteiger charge is -2.20. The summed E-state index contributed by atoms with van der Waals surface area (Å²) in [4.78, 5) is 10.8. The zero-order valence-electron chi connectivity index (χ0n) is 11.9. The van der Waals surface area contributed by atoms with Crippen LogP contribution in [0.4, 0.5) is 0 Å². The lowest BCUT2D eigenvalue weighted by atomic mass is 10.1. The first kappa shape index (κ1) is 16.1. The number of carbonyl (C=O) groups excluding carboxylic acids is 1. The number of rotatable bonds is 8. The Balaban J connectivity index is 3.99. The maximum absolute atomic E-state index is 10.8. The Morgan fingerprint density at radius 1 is 1.24 bits per heavy atom. The quantitative estimate of drug-likeness (QED) is 0.471. The van der Waals surface area contributed by atoms with Crippen molar-refractivity contribution in [2.24, 2.45) is 0 Å². The van der Waals surface area contributed by atoms with Gasteiger partial charge in [-0.15, -0.1) is 0 Å². The minimum absolute atomic E-state index is 0.518. The molecule has 0 fully saturated rings. The van der Waals surface area contributed by atoms with E-state index in [9.17, 15) is 4.79 Å². The van der Waals surface area contributed by atoms with E-state index >= 15 is 0 Å².